The molecule has 6 nitrogen and oxygen atoms in total. The molecule has 4 rings (SSSR count). The number of pyridine rings is 1. The smallest absolute Gasteiger partial charge is 0.224 e. The molecule has 2 aromatic rings. The average molecular weight is 380 g/mol. The summed E-state index contributed by atoms with van der Waals surface area (Å²) in [5, 5.41) is 3.19. The third-order valence-electron chi connectivity index (χ3n) is 5.49. The molecule has 0 unspecified atom stereocenters. The molecular weight excluding hydrogens is 352 g/mol. The number of carbonyl (C=O) groups excluding carboxylic acids is 1. The highest BCUT2D eigenvalue weighted by molar-refractivity contribution is 5.79. The van der Waals surface area contributed by atoms with Crippen LogP contribution in [-0.2, 0) is 16.0 Å². The molecule has 148 valence electrons. The van der Waals surface area contributed by atoms with Crippen LogP contribution in [0.5, 0.6) is 0 Å². The molecule has 2 aliphatic heterocycles. The molecule has 0 aliphatic carbocycles. The van der Waals surface area contributed by atoms with Gasteiger partial charge < -0.3 is 19.9 Å². The first-order chi connectivity index (χ1) is 13.7. The highest BCUT2D eigenvalue weighted by Crippen LogP contribution is 2.20. The summed E-state index contributed by atoms with van der Waals surface area (Å²) >= 11 is 0. The predicted molar refractivity (Wildman–Crippen MR) is 111 cm³/mol. The second-order valence-electron chi connectivity index (χ2n) is 7.60. The van der Waals surface area contributed by atoms with Crippen molar-refractivity contribution in [3.8, 4) is 0 Å². The Morgan fingerprint density at radius 3 is 2.54 bits per heavy atom. The number of benzene rings is 1. The van der Waals surface area contributed by atoms with E-state index in [2.05, 4.69) is 50.4 Å². The zero-order valence-corrected chi connectivity index (χ0v) is 16.4. The maximum atomic E-state index is 12.5. The van der Waals surface area contributed by atoms with Gasteiger partial charge in [0.05, 0.1) is 31.5 Å². The number of nitrogens with one attached hydrogen (secondary N) is 1. The Labute approximate surface area is 166 Å². The van der Waals surface area contributed by atoms with E-state index in [1.165, 1.54) is 5.69 Å². The number of aromatic nitrogens is 1. The summed E-state index contributed by atoms with van der Waals surface area (Å²) in [4.78, 5) is 21.4. The summed E-state index contributed by atoms with van der Waals surface area (Å²) in [5.74, 6) is 0.0907. The monoisotopic (exact) mass is 380 g/mol. The van der Waals surface area contributed by atoms with Crippen molar-refractivity contribution in [2.45, 2.75) is 25.8 Å². The summed E-state index contributed by atoms with van der Waals surface area (Å²) < 4.78 is 5.40. The lowest BCUT2D eigenvalue weighted by atomic mass is 10.1. The molecule has 2 fully saturated rings. The number of rotatable bonds is 5. The number of amides is 1. The molecular formula is C22H28N4O2. The molecule has 0 saturated carbocycles. The van der Waals surface area contributed by atoms with Crippen LogP contribution in [0.2, 0.25) is 0 Å². The Bertz CT molecular complexity index is 785. The van der Waals surface area contributed by atoms with Crippen LogP contribution in [0.4, 0.5) is 11.4 Å². The zero-order valence-electron chi connectivity index (χ0n) is 16.4. The molecule has 0 radical (unpaired) electrons. The van der Waals surface area contributed by atoms with E-state index in [-0.39, 0.29) is 11.9 Å². The first kappa shape index (κ1) is 18.7. The summed E-state index contributed by atoms with van der Waals surface area (Å²) in [6.45, 7) is 7.19. The van der Waals surface area contributed by atoms with Crippen molar-refractivity contribution in [1.29, 1.82) is 0 Å². The van der Waals surface area contributed by atoms with E-state index in [9.17, 15) is 4.79 Å². The largest absolute Gasteiger partial charge is 0.378 e. The number of ether oxygens (including phenoxy) is 1. The van der Waals surface area contributed by atoms with Crippen LogP contribution in [0, 0.1) is 6.92 Å². The zero-order chi connectivity index (χ0) is 19.3. The first-order valence-corrected chi connectivity index (χ1v) is 10.1. The van der Waals surface area contributed by atoms with Gasteiger partial charge in [-0.1, -0.05) is 12.1 Å². The molecule has 1 atom stereocenters. The first-order valence-electron chi connectivity index (χ1n) is 10.1. The molecule has 3 heterocycles. The second kappa shape index (κ2) is 8.61. The lowest BCUT2D eigenvalue weighted by Gasteiger charge is -2.28. The van der Waals surface area contributed by atoms with Crippen molar-refractivity contribution in [1.82, 2.24) is 10.3 Å². The van der Waals surface area contributed by atoms with Crippen LogP contribution in [0.25, 0.3) is 0 Å². The number of hydrogen-bond acceptors (Lipinski definition) is 5. The van der Waals surface area contributed by atoms with Crippen LogP contribution in [0.15, 0.2) is 42.6 Å². The van der Waals surface area contributed by atoms with E-state index in [4.69, 9.17) is 4.74 Å². The van der Waals surface area contributed by atoms with Crippen LogP contribution in [-0.4, -0.2) is 56.3 Å². The van der Waals surface area contributed by atoms with Crippen molar-refractivity contribution in [3.63, 3.8) is 0 Å². The van der Waals surface area contributed by atoms with Crippen LogP contribution < -0.4 is 15.1 Å². The van der Waals surface area contributed by atoms with E-state index in [1.54, 1.807) is 0 Å². The topological polar surface area (TPSA) is 57.7 Å². The van der Waals surface area contributed by atoms with E-state index < -0.39 is 0 Å². The fourth-order valence-electron chi connectivity index (χ4n) is 3.87. The number of hydrogen-bond donors (Lipinski definition) is 1. The maximum Gasteiger partial charge on any atom is 0.224 e. The molecule has 0 bridgehead atoms. The second-order valence-corrected chi connectivity index (χ2v) is 7.60. The standard InChI is InChI=1S/C22H28N4O2/c1-17-2-5-21(15-23-17)26-9-8-19(16-26)24-22(27)14-18-3-6-20(7-4-18)25-10-12-28-13-11-25/h2-7,15,19H,8-14,16H2,1H3,(H,24,27)/t19-/m1/s1. The van der Waals surface area contributed by atoms with E-state index in [0.717, 1.165) is 62.8 Å². The van der Waals surface area contributed by atoms with Crippen molar-refractivity contribution >= 4 is 17.3 Å². The predicted octanol–water partition coefficient (Wildman–Crippen LogP) is 2.16. The summed E-state index contributed by atoms with van der Waals surface area (Å²) in [7, 11) is 0. The van der Waals surface area contributed by atoms with Gasteiger partial charge in [0.25, 0.3) is 0 Å². The number of morpholine rings is 1. The number of nitrogens with zero attached hydrogens (tertiary/aromatic N) is 3. The maximum absolute atomic E-state index is 12.5. The third-order valence-corrected chi connectivity index (χ3v) is 5.49. The number of anilines is 2. The number of aryl methyl sites for hydroxylation is 1. The van der Waals surface area contributed by atoms with Gasteiger partial charge >= 0.3 is 0 Å². The lowest BCUT2D eigenvalue weighted by molar-refractivity contribution is -0.121. The van der Waals surface area contributed by atoms with E-state index in [1.807, 2.05) is 19.2 Å². The highest BCUT2D eigenvalue weighted by Gasteiger charge is 2.24. The fourth-order valence-corrected chi connectivity index (χ4v) is 3.87. The van der Waals surface area contributed by atoms with Gasteiger partial charge in [-0.25, -0.2) is 0 Å². The molecule has 2 saturated heterocycles. The Morgan fingerprint density at radius 1 is 1.07 bits per heavy atom. The summed E-state index contributed by atoms with van der Waals surface area (Å²) in [6.07, 6.45) is 3.30. The lowest BCUT2D eigenvalue weighted by Crippen LogP contribution is -2.38. The third kappa shape index (κ3) is 4.62. The van der Waals surface area contributed by atoms with Gasteiger partial charge in [0.2, 0.25) is 5.91 Å². The van der Waals surface area contributed by atoms with Crippen LogP contribution in [0.1, 0.15) is 17.7 Å². The Morgan fingerprint density at radius 2 is 1.82 bits per heavy atom. The Kier molecular flexibility index (Phi) is 5.76. The van der Waals surface area contributed by atoms with Gasteiger partial charge in [0.1, 0.15) is 0 Å². The molecule has 1 aromatic heterocycles. The minimum absolute atomic E-state index is 0.0907. The van der Waals surface area contributed by atoms with Gasteiger partial charge in [0.15, 0.2) is 0 Å². The summed E-state index contributed by atoms with van der Waals surface area (Å²) in [5.41, 5.74) is 4.39. The van der Waals surface area contributed by atoms with Crippen molar-refractivity contribution in [2.24, 2.45) is 0 Å². The molecule has 6 heteroatoms. The van der Waals surface area contributed by atoms with E-state index in [0.29, 0.717) is 6.42 Å². The fraction of sp³-hybridized carbons (Fsp3) is 0.455. The Hall–Kier alpha value is -2.60. The molecule has 2 aliphatic rings. The van der Waals surface area contributed by atoms with Crippen LogP contribution >= 0.6 is 0 Å². The minimum Gasteiger partial charge on any atom is -0.378 e. The normalized spacial score (nSPS) is 19.7. The quantitative estimate of drug-likeness (QED) is 0.862. The minimum atomic E-state index is 0.0907. The van der Waals surface area contributed by atoms with Crippen molar-refractivity contribution < 1.29 is 9.53 Å². The molecule has 0 spiro atoms. The SMILES string of the molecule is Cc1ccc(N2CC[C@@H](NC(=O)Cc3ccc(N4CCOCC4)cc3)C2)cn1. The average Bonchev–Trinajstić information content (AvgIpc) is 3.18. The van der Waals surface area contributed by atoms with Crippen molar-refractivity contribution in [3.05, 3.63) is 53.9 Å². The highest BCUT2D eigenvalue weighted by atomic mass is 16.5. The van der Waals surface area contributed by atoms with Gasteiger partial charge in [-0.15, -0.1) is 0 Å². The number of carbonyl (C=O) groups is 1. The van der Waals surface area contributed by atoms with Crippen molar-refractivity contribution in [2.75, 3.05) is 49.2 Å². The van der Waals surface area contributed by atoms with Gasteiger partial charge in [-0.05, 0) is 43.2 Å². The van der Waals surface area contributed by atoms with Gasteiger partial charge in [-0.2, -0.15) is 0 Å². The molecule has 28 heavy (non-hydrogen) atoms. The summed E-state index contributed by atoms with van der Waals surface area (Å²) in [6, 6.07) is 12.7. The molecule has 1 N–H and O–H groups in total. The van der Waals surface area contributed by atoms with Gasteiger partial charge in [-0.3, -0.25) is 9.78 Å². The molecule has 1 aromatic carbocycles. The van der Waals surface area contributed by atoms with Crippen LogP contribution in [0.3, 0.4) is 0 Å². The van der Waals surface area contributed by atoms with Gasteiger partial charge in [0, 0.05) is 43.6 Å². The Balaban J connectivity index is 1.27. The van der Waals surface area contributed by atoms with E-state index >= 15 is 0 Å². The molecule has 1 amide bonds.